The van der Waals surface area contributed by atoms with Crippen molar-refractivity contribution in [2.24, 2.45) is 0 Å². The van der Waals surface area contributed by atoms with Crippen LogP contribution in [0.5, 0.6) is 0 Å². The van der Waals surface area contributed by atoms with Crippen LogP contribution in [0.15, 0.2) is 36.4 Å². The minimum atomic E-state index is -0.252. The number of thiophene rings is 1. The standard InChI is InChI=1S/C15H16N2O2S/c1-19-15(18)7-11-2-3-14-12(6-11)8-13(20-14)9-17-5-4-16-10-17/h4-5,7-8,10H,2-3,6,9H2,1H3. The number of hydrogen-bond donors (Lipinski definition) is 0. The number of ether oxygens (including phenoxy) is 1. The highest BCUT2D eigenvalue weighted by atomic mass is 32.1. The minimum absolute atomic E-state index is 0.252. The number of hydrogen-bond acceptors (Lipinski definition) is 4. The van der Waals surface area contributed by atoms with Gasteiger partial charge in [-0.05, 0) is 30.9 Å². The monoisotopic (exact) mass is 288 g/mol. The lowest BCUT2D eigenvalue weighted by Gasteiger charge is -2.13. The van der Waals surface area contributed by atoms with E-state index in [-0.39, 0.29) is 5.97 Å². The normalized spacial score (nSPS) is 16.1. The molecule has 0 bridgehead atoms. The molecule has 0 aliphatic heterocycles. The maximum Gasteiger partial charge on any atom is 0.330 e. The molecule has 0 saturated heterocycles. The van der Waals surface area contributed by atoms with Crippen molar-refractivity contribution in [2.75, 3.05) is 7.11 Å². The van der Waals surface area contributed by atoms with Gasteiger partial charge in [0.15, 0.2) is 0 Å². The summed E-state index contributed by atoms with van der Waals surface area (Å²) in [6.45, 7) is 0.869. The second-order valence-electron chi connectivity index (χ2n) is 4.90. The number of methoxy groups -OCH3 is 1. The lowest BCUT2D eigenvalue weighted by molar-refractivity contribution is -0.134. The van der Waals surface area contributed by atoms with Crippen LogP contribution in [0, 0.1) is 0 Å². The predicted octanol–water partition coefficient (Wildman–Crippen LogP) is 2.58. The molecule has 0 spiro atoms. The van der Waals surface area contributed by atoms with Crippen LogP contribution in [0.4, 0.5) is 0 Å². The summed E-state index contributed by atoms with van der Waals surface area (Å²) < 4.78 is 6.77. The Hall–Kier alpha value is -1.88. The van der Waals surface area contributed by atoms with Crippen molar-refractivity contribution in [3.8, 4) is 0 Å². The van der Waals surface area contributed by atoms with E-state index >= 15 is 0 Å². The number of fused-ring (bicyclic) bond motifs is 1. The third-order valence-electron chi connectivity index (χ3n) is 3.46. The number of carbonyl (C=O) groups excluding carboxylic acids is 1. The third kappa shape index (κ3) is 2.82. The maximum absolute atomic E-state index is 11.3. The molecule has 0 fully saturated rings. The van der Waals surface area contributed by atoms with Crippen LogP contribution in [0.3, 0.4) is 0 Å². The SMILES string of the molecule is COC(=O)C=C1CCc2sc(Cn3ccnc3)cc2C1. The fourth-order valence-corrected chi connectivity index (χ4v) is 3.68. The number of rotatable bonds is 3. The Morgan fingerprint density at radius 3 is 3.20 bits per heavy atom. The van der Waals surface area contributed by atoms with Crippen LogP contribution in [0.2, 0.25) is 0 Å². The third-order valence-corrected chi connectivity index (χ3v) is 4.68. The zero-order valence-electron chi connectivity index (χ0n) is 11.3. The predicted molar refractivity (Wildman–Crippen MR) is 77.8 cm³/mol. The van der Waals surface area contributed by atoms with Crippen LogP contribution in [0.1, 0.15) is 21.7 Å². The van der Waals surface area contributed by atoms with E-state index in [1.807, 2.05) is 23.9 Å². The van der Waals surface area contributed by atoms with Crippen LogP contribution in [0.25, 0.3) is 0 Å². The molecule has 3 rings (SSSR count). The smallest absolute Gasteiger partial charge is 0.330 e. The summed E-state index contributed by atoms with van der Waals surface area (Å²) >= 11 is 1.87. The molecule has 4 nitrogen and oxygen atoms in total. The largest absolute Gasteiger partial charge is 0.466 e. The first-order chi connectivity index (χ1) is 9.74. The first-order valence-corrected chi connectivity index (χ1v) is 7.40. The molecule has 0 aromatic carbocycles. The van der Waals surface area contributed by atoms with Gasteiger partial charge < -0.3 is 9.30 Å². The van der Waals surface area contributed by atoms with Crippen molar-refractivity contribution in [1.82, 2.24) is 9.55 Å². The van der Waals surface area contributed by atoms with Gasteiger partial charge in [0.25, 0.3) is 0 Å². The van der Waals surface area contributed by atoms with E-state index in [2.05, 4.69) is 15.6 Å². The second kappa shape index (κ2) is 5.63. The van der Waals surface area contributed by atoms with Crippen molar-refractivity contribution >= 4 is 17.3 Å². The highest BCUT2D eigenvalue weighted by Crippen LogP contribution is 2.32. The number of carbonyl (C=O) groups is 1. The average molecular weight is 288 g/mol. The van der Waals surface area contributed by atoms with E-state index in [1.165, 1.54) is 22.4 Å². The number of imidazole rings is 1. The molecule has 0 amide bonds. The molecule has 2 aromatic heterocycles. The zero-order valence-corrected chi connectivity index (χ0v) is 12.2. The van der Waals surface area contributed by atoms with Crippen LogP contribution in [-0.4, -0.2) is 22.6 Å². The Bertz CT molecular complexity index is 641. The van der Waals surface area contributed by atoms with Crippen molar-refractivity contribution in [3.63, 3.8) is 0 Å². The van der Waals surface area contributed by atoms with Gasteiger partial charge in [-0.2, -0.15) is 0 Å². The summed E-state index contributed by atoms with van der Waals surface area (Å²) in [4.78, 5) is 18.2. The summed E-state index contributed by atoms with van der Waals surface area (Å²) in [5.41, 5.74) is 2.52. The fraction of sp³-hybridized carbons (Fsp3) is 0.333. The molecule has 5 heteroatoms. The second-order valence-corrected chi connectivity index (χ2v) is 6.12. The molecule has 104 valence electrons. The molecule has 0 N–H and O–H groups in total. The molecule has 0 radical (unpaired) electrons. The van der Waals surface area contributed by atoms with Gasteiger partial charge in [-0.1, -0.05) is 5.57 Å². The molecule has 2 heterocycles. The number of nitrogens with zero attached hydrogens (tertiary/aromatic N) is 2. The van der Waals surface area contributed by atoms with E-state index in [1.54, 1.807) is 12.3 Å². The lowest BCUT2D eigenvalue weighted by atomic mass is 9.93. The number of aromatic nitrogens is 2. The summed E-state index contributed by atoms with van der Waals surface area (Å²) in [5, 5.41) is 0. The zero-order chi connectivity index (χ0) is 13.9. The Labute approximate surface area is 121 Å². The fourth-order valence-electron chi connectivity index (χ4n) is 2.48. The quantitative estimate of drug-likeness (QED) is 0.644. The van der Waals surface area contributed by atoms with E-state index in [9.17, 15) is 4.79 Å². The summed E-state index contributed by atoms with van der Waals surface area (Å²) in [6, 6.07) is 2.25. The Morgan fingerprint density at radius 1 is 1.55 bits per heavy atom. The van der Waals surface area contributed by atoms with E-state index < -0.39 is 0 Å². The molecule has 0 saturated carbocycles. The lowest BCUT2D eigenvalue weighted by Crippen LogP contribution is -2.05. The van der Waals surface area contributed by atoms with E-state index in [0.29, 0.717) is 0 Å². The van der Waals surface area contributed by atoms with Crippen molar-refractivity contribution in [3.05, 3.63) is 51.8 Å². The van der Waals surface area contributed by atoms with Gasteiger partial charge in [-0.25, -0.2) is 9.78 Å². The summed E-state index contributed by atoms with van der Waals surface area (Å²) in [6.07, 6.45) is 10.1. The van der Waals surface area contributed by atoms with Crippen LogP contribution < -0.4 is 0 Å². The van der Waals surface area contributed by atoms with Gasteiger partial charge in [0.05, 0.1) is 20.0 Å². The van der Waals surface area contributed by atoms with Gasteiger partial charge in [-0.3, -0.25) is 0 Å². The highest BCUT2D eigenvalue weighted by molar-refractivity contribution is 7.12. The first-order valence-electron chi connectivity index (χ1n) is 6.58. The van der Waals surface area contributed by atoms with Gasteiger partial charge in [0.1, 0.15) is 0 Å². The first kappa shape index (κ1) is 13.1. The van der Waals surface area contributed by atoms with Crippen LogP contribution >= 0.6 is 11.3 Å². The summed E-state index contributed by atoms with van der Waals surface area (Å²) in [7, 11) is 1.42. The maximum atomic E-state index is 11.3. The number of aryl methyl sites for hydroxylation is 1. The molecule has 1 aliphatic carbocycles. The van der Waals surface area contributed by atoms with Gasteiger partial charge in [-0.15, -0.1) is 11.3 Å². The Morgan fingerprint density at radius 2 is 2.45 bits per heavy atom. The van der Waals surface area contributed by atoms with Crippen molar-refractivity contribution < 1.29 is 9.53 Å². The van der Waals surface area contributed by atoms with Gasteiger partial charge >= 0.3 is 5.97 Å². The Balaban J connectivity index is 1.76. The molecule has 1 aliphatic rings. The molecule has 20 heavy (non-hydrogen) atoms. The van der Waals surface area contributed by atoms with Crippen molar-refractivity contribution in [2.45, 2.75) is 25.8 Å². The van der Waals surface area contributed by atoms with Gasteiger partial charge in [0.2, 0.25) is 0 Å². The Kier molecular flexibility index (Phi) is 3.69. The molecular weight excluding hydrogens is 272 g/mol. The van der Waals surface area contributed by atoms with Crippen LogP contribution in [-0.2, 0) is 28.9 Å². The topological polar surface area (TPSA) is 44.1 Å². The highest BCUT2D eigenvalue weighted by Gasteiger charge is 2.17. The van der Waals surface area contributed by atoms with E-state index in [0.717, 1.165) is 31.4 Å². The number of allylic oxidation sites excluding steroid dienone is 1. The minimum Gasteiger partial charge on any atom is -0.466 e. The average Bonchev–Trinajstić information content (AvgIpc) is 3.07. The van der Waals surface area contributed by atoms with Crippen molar-refractivity contribution in [1.29, 1.82) is 0 Å². The molecular formula is C15H16N2O2S. The van der Waals surface area contributed by atoms with E-state index in [4.69, 9.17) is 4.74 Å². The van der Waals surface area contributed by atoms with Gasteiger partial charge in [0, 0.05) is 28.2 Å². The summed E-state index contributed by atoms with van der Waals surface area (Å²) in [5.74, 6) is -0.252. The number of esters is 1. The molecule has 0 atom stereocenters. The molecule has 2 aromatic rings. The molecule has 0 unspecified atom stereocenters.